The highest BCUT2D eigenvalue weighted by molar-refractivity contribution is 7.80. The van der Waals surface area contributed by atoms with Gasteiger partial charge in [-0.3, -0.25) is 0 Å². The summed E-state index contributed by atoms with van der Waals surface area (Å²) < 4.78 is 27.0. The third-order valence-electron chi connectivity index (χ3n) is 2.59. The fourth-order valence-electron chi connectivity index (χ4n) is 1.45. The summed E-state index contributed by atoms with van der Waals surface area (Å²) in [6.45, 7) is 0.611. The van der Waals surface area contributed by atoms with E-state index in [9.17, 15) is 8.78 Å². The lowest BCUT2D eigenvalue weighted by Gasteiger charge is -2.09. The normalized spacial score (nSPS) is 14.9. The Balaban J connectivity index is 2.19. The maximum Gasteiger partial charge on any atom is 0.150 e. The second kappa shape index (κ2) is 4.33. The molecule has 2 rings (SSSR count). The van der Waals surface area contributed by atoms with E-state index in [2.05, 4.69) is 17.5 Å². The molecule has 2 nitrogen and oxygen atoms in total. The van der Waals surface area contributed by atoms with Gasteiger partial charge in [-0.2, -0.15) is 0 Å². The van der Waals surface area contributed by atoms with Gasteiger partial charge < -0.3 is 11.1 Å². The van der Waals surface area contributed by atoms with Gasteiger partial charge in [-0.15, -0.1) is 0 Å². The largest absolute Gasteiger partial charge is 0.389 e. The van der Waals surface area contributed by atoms with Gasteiger partial charge in [0.1, 0.15) is 22.3 Å². The lowest BCUT2D eigenvalue weighted by Crippen LogP contribution is -2.12. The molecule has 0 aliphatic heterocycles. The van der Waals surface area contributed by atoms with Gasteiger partial charge in [0.2, 0.25) is 0 Å². The molecule has 0 amide bonds. The zero-order valence-corrected chi connectivity index (χ0v) is 9.41. The summed E-state index contributed by atoms with van der Waals surface area (Å²) in [5, 5.41) is 2.78. The summed E-state index contributed by atoms with van der Waals surface area (Å²) >= 11 is 4.66. The molecule has 1 aliphatic carbocycles. The van der Waals surface area contributed by atoms with Crippen LogP contribution in [0.2, 0.25) is 0 Å². The van der Waals surface area contributed by atoms with E-state index >= 15 is 0 Å². The monoisotopic (exact) mass is 242 g/mol. The minimum atomic E-state index is -0.650. The van der Waals surface area contributed by atoms with Crippen molar-refractivity contribution in [3.05, 3.63) is 29.3 Å². The summed E-state index contributed by atoms with van der Waals surface area (Å²) in [4.78, 5) is -0.00783. The molecule has 1 aromatic carbocycles. The number of rotatable bonds is 4. The Morgan fingerprint density at radius 1 is 1.38 bits per heavy atom. The van der Waals surface area contributed by atoms with Crippen molar-refractivity contribution in [2.45, 2.75) is 12.8 Å². The Labute approximate surface area is 97.8 Å². The Morgan fingerprint density at radius 3 is 2.38 bits per heavy atom. The molecule has 0 atom stereocenters. The van der Waals surface area contributed by atoms with Crippen LogP contribution in [0.5, 0.6) is 0 Å². The van der Waals surface area contributed by atoms with Crippen molar-refractivity contribution >= 4 is 22.9 Å². The highest BCUT2D eigenvalue weighted by Gasteiger charge is 2.22. The second-order valence-electron chi connectivity index (χ2n) is 4.00. The van der Waals surface area contributed by atoms with Crippen LogP contribution in [-0.4, -0.2) is 11.5 Å². The molecule has 1 aliphatic rings. The first-order valence-corrected chi connectivity index (χ1v) is 5.51. The van der Waals surface area contributed by atoms with E-state index in [4.69, 9.17) is 5.73 Å². The number of halogens is 2. The third kappa shape index (κ3) is 2.47. The Kier molecular flexibility index (Phi) is 3.05. The summed E-state index contributed by atoms with van der Waals surface area (Å²) in [5.74, 6) is -0.749. The quantitative estimate of drug-likeness (QED) is 0.796. The average molecular weight is 242 g/mol. The van der Waals surface area contributed by atoms with E-state index in [0.717, 1.165) is 25.0 Å². The van der Waals surface area contributed by atoms with E-state index in [1.165, 1.54) is 0 Å². The highest BCUT2D eigenvalue weighted by atomic mass is 32.1. The molecule has 1 fully saturated rings. The molecular formula is C11H12F2N2S. The highest BCUT2D eigenvalue weighted by Crippen LogP contribution is 2.30. The van der Waals surface area contributed by atoms with Gasteiger partial charge in [-0.05, 0) is 30.9 Å². The van der Waals surface area contributed by atoms with Gasteiger partial charge >= 0.3 is 0 Å². The fourth-order valence-corrected chi connectivity index (χ4v) is 1.57. The maximum atomic E-state index is 13.5. The molecule has 0 spiro atoms. The van der Waals surface area contributed by atoms with Crippen molar-refractivity contribution in [2.75, 3.05) is 11.9 Å². The zero-order valence-electron chi connectivity index (χ0n) is 8.59. The number of nitrogens with two attached hydrogens (primary N) is 1. The van der Waals surface area contributed by atoms with Gasteiger partial charge in [-0.25, -0.2) is 8.78 Å². The molecule has 0 radical (unpaired) electrons. The molecule has 3 N–H and O–H groups in total. The Morgan fingerprint density at radius 2 is 1.94 bits per heavy atom. The maximum absolute atomic E-state index is 13.5. The molecule has 0 heterocycles. The number of hydrogen-bond acceptors (Lipinski definition) is 2. The van der Waals surface area contributed by atoms with E-state index in [-0.39, 0.29) is 16.2 Å². The lowest BCUT2D eigenvalue weighted by atomic mass is 10.2. The van der Waals surface area contributed by atoms with E-state index in [1.807, 2.05) is 0 Å². The van der Waals surface area contributed by atoms with Crippen LogP contribution >= 0.6 is 12.2 Å². The van der Waals surface area contributed by atoms with Crippen molar-refractivity contribution in [3.63, 3.8) is 0 Å². The third-order valence-corrected chi connectivity index (χ3v) is 2.83. The number of anilines is 1. The van der Waals surface area contributed by atoms with Gasteiger partial charge in [0.15, 0.2) is 0 Å². The van der Waals surface area contributed by atoms with E-state index in [0.29, 0.717) is 12.5 Å². The molecule has 86 valence electrons. The van der Waals surface area contributed by atoms with Gasteiger partial charge in [0.25, 0.3) is 0 Å². The molecule has 0 aromatic heterocycles. The van der Waals surface area contributed by atoms with E-state index < -0.39 is 11.6 Å². The van der Waals surface area contributed by atoms with Gasteiger partial charge in [0, 0.05) is 12.1 Å². The van der Waals surface area contributed by atoms with Crippen molar-refractivity contribution in [1.82, 2.24) is 0 Å². The van der Waals surface area contributed by atoms with Crippen LogP contribution < -0.4 is 11.1 Å². The first-order chi connectivity index (χ1) is 7.58. The summed E-state index contributed by atoms with van der Waals surface area (Å²) in [5.41, 5.74) is 5.43. The fraction of sp³-hybridized carbons (Fsp3) is 0.364. The number of nitrogens with one attached hydrogen (secondary N) is 1. The molecule has 1 saturated carbocycles. The van der Waals surface area contributed by atoms with Crippen LogP contribution in [0, 0.1) is 17.6 Å². The first-order valence-electron chi connectivity index (χ1n) is 5.10. The van der Waals surface area contributed by atoms with Crippen LogP contribution in [0.25, 0.3) is 0 Å². The van der Waals surface area contributed by atoms with Crippen molar-refractivity contribution in [2.24, 2.45) is 11.7 Å². The van der Waals surface area contributed by atoms with Crippen LogP contribution in [0.3, 0.4) is 0 Å². The molecule has 16 heavy (non-hydrogen) atoms. The van der Waals surface area contributed by atoms with Gasteiger partial charge in [-0.1, -0.05) is 12.2 Å². The standard InChI is InChI=1S/C11H12F2N2S/c12-8-3-7(11(14)16)4-9(13)10(8)15-5-6-1-2-6/h3-4,6,15H,1-2,5H2,(H2,14,16). The predicted molar refractivity (Wildman–Crippen MR) is 63.5 cm³/mol. The summed E-state index contributed by atoms with van der Waals surface area (Å²) in [6, 6.07) is 2.31. The SMILES string of the molecule is NC(=S)c1cc(F)c(NCC2CC2)c(F)c1. The zero-order chi connectivity index (χ0) is 11.7. The number of hydrogen-bond donors (Lipinski definition) is 2. The second-order valence-corrected chi connectivity index (χ2v) is 4.44. The van der Waals surface area contributed by atoms with Crippen LogP contribution in [0.4, 0.5) is 14.5 Å². The van der Waals surface area contributed by atoms with Crippen LogP contribution in [-0.2, 0) is 0 Å². The summed E-state index contributed by atoms with van der Waals surface area (Å²) in [7, 11) is 0. The molecule has 1 aromatic rings. The smallest absolute Gasteiger partial charge is 0.150 e. The van der Waals surface area contributed by atoms with Gasteiger partial charge in [0.05, 0.1) is 0 Å². The predicted octanol–water partition coefficient (Wildman–Crippen LogP) is 2.42. The summed E-state index contributed by atoms with van der Waals surface area (Å²) in [6.07, 6.45) is 2.25. The van der Waals surface area contributed by atoms with Crippen molar-refractivity contribution in [1.29, 1.82) is 0 Å². The van der Waals surface area contributed by atoms with Crippen LogP contribution in [0.15, 0.2) is 12.1 Å². The molecule has 0 unspecified atom stereocenters. The number of thiocarbonyl (C=S) groups is 1. The Hall–Kier alpha value is -1.23. The molecule has 0 bridgehead atoms. The lowest BCUT2D eigenvalue weighted by molar-refractivity contribution is 0.586. The topological polar surface area (TPSA) is 38.0 Å². The van der Waals surface area contributed by atoms with Crippen molar-refractivity contribution in [3.8, 4) is 0 Å². The van der Waals surface area contributed by atoms with E-state index in [1.54, 1.807) is 0 Å². The Bertz CT molecular complexity index is 407. The van der Waals surface area contributed by atoms with Crippen molar-refractivity contribution < 1.29 is 8.78 Å². The molecular weight excluding hydrogens is 230 g/mol. The molecule has 0 saturated heterocycles. The first kappa shape index (κ1) is 11.3. The van der Waals surface area contributed by atoms with Crippen LogP contribution in [0.1, 0.15) is 18.4 Å². The number of benzene rings is 1. The minimum Gasteiger partial charge on any atom is -0.389 e. The average Bonchev–Trinajstić information content (AvgIpc) is 2.99. The molecule has 5 heteroatoms. The minimum absolute atomic E-state index is 0.00783.